The average Bonchev–Trinajstić information content (AvgIpc) is 2.55. The van der Waals surface area contributed by atoms with Gasteiger partial charge in [-0.05, 0) is 19.4 Å². The number of morpholine rings is 2. The summed E-state index contributed by atoms with van der Waals surface area (Å²) >= 11 is 0. The van der Waals surface area contributed by atoms with Gasteiger partial charge in [0.25, 0.3) is 5.91 Å². The van der Waals surface area contributed by atoms with Gasteiger partial charge in [0.05, 0.1) is 19.8 Å². The Morgan fingerprint density at radius 3 is 2.74 bits per heavy atom. The minimum Gasteiger partial charge on any atom is -0.378 e. The number of benzene rings is 1. The van der Waals surface area contributed by atoms with Gasteiger partial charge in [0, 0.05) is 32.7 Å². The molecule has 0 aromatic heterocycles. The number of carbonyl (C=O) groups excluding carboxylic acids is 1. The lowest BCUT2D eigenvalue weighted by atomic mass is 10.0. The van der Waals surface area contributed by atoms with Crippen LogP contribution in [0.4, 0.5) is 0 Å². The number of amides is 1. The predicted octanol–water partition coefficient (Wildman–Crippen LogP) is 1.44. The van der Waals surface area contributed by atoms with Crippen molar-refractivity contribution in [3.05, 3.63) is 35.4 Å². The summed E-state index contributed by atoms with van der Waals surface area (Å²) in [6.45, 7) is 9.55. The Labute approximate surface area is 138 Å². The van der Waals surface area contributed by atoms with Gasteiger partial charge >= 0.3 is 0 Å². The second-order valence-electron chi connectivity index (χ2n) is 6.68. The summed E-state index contributed by atoms with van der Waals surface area (Å²) in [5.41, 5.74) is 1.80. The van der Waals surface area contributed by atoms with Crippen LogP contribution < -0.4 is 0 Å². The average molecular weight is 318 g/mol. The van der Waals surface area contributed by atoms with Crippen molar-refractivity contribution in [2.24, 2.45) is 0 Å². The molecule has 0 radical (unpaired) electrons. The molecule has 1 amide bonds. The first-order valence-corrected chi connectivity index (χ1v) is 8.36. The third-order valence-corrected chi connectivity index (χ3v) is 4.59. The normalized spacial score (nSPS) is 26.3. The first-order chi connectivity index (χ1) is 11.1. The molecule has 1 atom stereocenters. The van der Waals surface area contributed by atoms with Crippen molar-refractivity contribution in [1.82, 2.24) is 9.80 Å². The van der Waals surface area contributed by atoms with Crippen LogP contribution in [0, 0.1) is 6.92 Å². The van der Waals surface area contributed by atoms with Crippen molar-refractivity contribution >= 4 is 5.91 Å². The van der Waals surface area contributed by atoms with E-state index in [0.717, 1.165) is 13.1 Å². The fourth-order valence-corrected chi connectivity index (χ4v) is 3.39. The molecule has 1 unspecified atom stereocenters. The van der Waals surface area contributed by atoms with Crippen molar-refractivity contribution in [3.63, 3.8) is 0 Å². The van der Waals surface area contributed by atoms with E-state index in [1.165, 1.54) is 11.1 Å². The largest absolute Gasteiger partial charge is 0.378 e. The summed E-state index contributed by atoms with van der Waals surface area (Å²) in [4.78, 5) is 17.0. The molecule has 0 bridgehead atoms. The summed E-state index contributed by atoms with van der Waals surface area (Å²) in [5, 5.41) is 0. The van der Waals surface area contributed by atoms with Crippen LogP contribution in [0.2, 0.25) is 0 Å². The molecule has 2 aliphatic heterocycles. The molecule has 0 aliphatic carbocycles. The topological polar surface area (TPSA) is 42.0 Å². The lowest BCUT2D eigenvalue weighted by Gasteiger charge is -2.42. The Hall–Kier alpha value is -1.43. The quantitative estimate of drug-likeness (QED) is 0.846. The Kier molecular flexibility index (Phi) is 4.99. The molecule has 1 aromatic rings. The SMILES string of the molecule is Cc1cccc(CN2CCOC(C)(C(=O)N3CCOCC3)C2)c1. The molecular formula is C18H26N2O3. The molecular weight excluding hydrogens is 292 g/mol. The van der Waals surface area contributed by atoms with E-state index >= 15 is 0 Å². The predicted molar refractivity (Wildman–Crippen MR) is 88.2 cm³/mol. The van der Waals surface area contributed by atoms with Gasteiger partial charge in [-0.2, -0.15) is 0 Å². The van der Waals surface area contributed by atoms with E-state index < -0.39 is 5.60 Å². The fourth-order valence-electron chi connectivity index (χ4n) is 3.39. The number of ether oxygens (including phenoxy) is 2. The monoisotopic (exact) mass is 318 g/mol. The van der Waals surface area contributed by atoms with E-state index in [-0.39, 0.29) is 5.91 Å². The molecule has 0 saturated carbocycles. The number of carbonyl (C=O) groups is 1. The molecule has 2 fully saturated rings. The number of hydrogen-bond acceptors (Lipinski definition) is 4. The maximum Gasteiger partial charge on any atom is 0.256 e. The van der Waals surface area contributed by atoms with Crippen LogP contribution in [0.3, 0.4) is 0 Å². The van der Waals surface area contributed by atoms with Crippen LogP contribution in [0.25, 0.3) is 0 Å². The van der Waals surface area contributed by atoms with Crippen LogP contribution in [0.1, 0.15) is 18.1 Å². The van der Waals surface area contributed by atoms with E-state index in [9.17, 15) is 4.79 Å². The summed E-state index contributed by atoms with van der Waals surface area (Å²) < 4.78 is 11.2. The zero-order valence-corrected chi connectivity index (χ0v) is 14.1. The maximum absolute atomic E-state index is 12.8. The fraction of sp³-hybridized carbons (Fsp3) is 0.611. The minimum atomic E-state index is -0.751. The number of nitrogens with zero attached hydrogens (tertiary/aromatic N) is 2. The van der Waals surface area contributed by atoms with E-state index in [2.05, 4.69) is 36.1 Å². The number of hydrogen-bond donors (Lipinski definition) is 0. The molecule has 2 aliphatic rings. The molecule has 3 rings (SSSR count). The van der Waals surface area contributed by atoms with Gasteiger partial charge < -0.3 is 14.4 Å². The first-order valence-electron chi connectivity index (χ1n) is 8.36. The Morgan fingerprint density at radius 2 is 2.00 bits per heavy atom. The van der Waals surface area contributed by atoms with Gasteiger partial charge in [0.2, 0.25) is 0 Å². The van der Waals surface area contributed by atoms with Gasteiger partial charge in [0.1, 0.15) is 0 Å². The maximum atomic E-state index is 12.8. The van der Waals surface area contributed by atoms with Crippen molar-refractivity contribution in [2.75, 3.05) is 46.0 Å². The van der Waals surface area contributed by atoms with Gasteiger partial charge in [0.15, 0.2) is 5.60 Å². The Balaban J connectivity index is 1.65. The second-order valence-corrected chi connectivity index (χ2v) is 6.68. The molecule has 2 heterocycles. The third kappa shape index (κ3) is 3.91. The Bertz CT molecular complexity index is 557. The summed E-state index contributed by atoms with van der Waals surface area (Å²) in [6, 6.07) is 8.54. The lowest BCUT2D eigenvalue weighted by Crippen LogP contribution is -2.60. The van der Waals surface area contributed by atoms with E-state index in [1.54, 1.807) is 0 Å². The summed E-state index contributed by atoms with van der Waals surface area (Å²) in [6.07, 6.45) is 0. The van der Waals surface area contributed by atoms with E-state index in [0.29, 0.717) is 39.5 Å². The van der Waals surface area contributed by atoms with Crippen LogP contribution in [-0.4, -0.2) is 67.3 Å². The van der Waals surface area contributed by atoms with Crippen LogP contribution in [0.15, 0.2) is 24.3 Å². The van der Waals surface area contributed by atoms with E-state index in [1.807, 2.05) is 11.8 Å². The molecule has 0 N–H and O–H groups in total. The van der Waals surface area contributed by atoms with Crippen LogP contribution in [0.5, 0.6) is 0 Å². The number of aryl methyl sites for hydroxylation is 1. The minimum absolute atomic E-state index is 0.0924. The number of rotatable bonds is 3. The standard InChI is InChI=1S/C18H26N2O3/c1-15-4-3-5-16(12-15)13-19-6-11-23-18(2,14-19)17(21)20-7-9-22-10-8-20/h3-5,12H,6-11,13-14H2,1-2H3. The van der Waals surface area contributed by atoms with Crippen LogP contribution in [-0.2, 0) is 20.8 Å². The summed E-state index contributed by atoms with van der Waals surface area (Å²) in [7, 11) is 0. The highest BCUT2D eigenvalue weighted by Gasteiger charge is 2.42. The van der Waals surface area contributed by atoms with Crippen molar-refractivity contribution in [3.8, 4) is 0 Å². The zero-order valence-electron chi connectivity index (χ0n) is 14.1. The van der Waals surface area contributed by atoms with Gasteiger partial charge in [-0.3, -0.25) is 9.69 Å². The van der Waals surface area contributed by atoms with Gasteiger partial charge in [-0.15, -0.1) is 0 Å². The molecule has 2 saturated heterocycles. The van der Waals surface area contributed by atoms with Crippen molar-refractivity contribution in [2.45, 2.75) is 26.0 Å². The molecule has 0 spiro atoms. The summed E-state index contributed by atoms with van der Waals surface area (Å²) in [5.74, 6) is 0.0924. The molecule has 5 nitrogen and oxygen atoms in total. The van der Waals surface area contributed by atoms with Gasteiger partial charge in [-0.1, -0.05) is 29.8 Å². The smallest absolute Gasteiger partial charge is 0.256 e. The first kappa shape index (κ1) is 16.4. The zero-order chi connectivity index (χ0) is 16.3. The van der Waals surface area contributed by atoms with Crippen molar-refractivity contribution < 1.29 is 14.3 Å². The molecule has 126 valence electrons. The highest BCUT2D eigenvalue weighted by atomic mass is 16.5. The van der Waals surface area contributed by atoms with E-state index in [4.69, 9.17) is 9.47 Å². The third-order valence-electron chi connectivity index (χ3n) is 4.59. The molecule has 23 heavy (non-hydrogen) atoms. The second kappa shape index (κ2) is 6.99. The van der Waals surface area contributed by atoms with Gasteiger partial charge in [-0.25, -0.2) is 0 Å². The molecule has 1 aromatic carbocycles. The Morgan fingerprint density at radius 1 is 1.22 bits per heavy atom. The highest BCUT2D eigenvalue weighted by Crippen LogP contribution is 2.23. The van der Waals surface area contributed by atoms with Crippen LogP contribution >= 0.6 is 0 Å². The van der Waals surface area contributed by atoms with Crippen molar-refractivity contribution in [1.29, 1.82) is 0 Å². The molecule has 5 heteroatoms. The highest BCUT2D eigenvalue weighted by molar-refractivity contribution is 5.85. The lowest BCUT2D eigenvalue weighted by molar-refractivity contribution is -0.171.